The molecule has 3 rings (SSSR count). The van der Waals surface area contributed by atoms with Gasteiger partial charge in [-0.2, -0.15) is 0 Å². The number of amides is 1. The molecule has 1 aliphatic rings. The number of rotatable bonds is 7. The first kappa shape index (κ1) is 18.4. The topological polar surface area (TPSA) is 67.6 Å². The molecule has 2 aromatic rings. The van der Waals surface area contributed by atoms with Crippen molar-refractivity contribution in [3.8, 4) is 0 Å². The lowest BCUT2D eigenvalue weighted by Crippen LogP contribution is -2.41. The highest BCUT2D eigenvalue weighted by molar-refractivity contribution is 6.00. The smallest absolute Gasteiger partial charge is 0.255 e. The van der Waals surface area contributed by atoms with Crippen LogP contribution in [0.25, 0.3) is 0 Å². The Balaban J connectivity index is 1.62. The summed E-state index contributed by atoms with van der Waals surface area (Å²) in [6, 6.07) is 17.6. The van der Waals surface area contributed by atoms with Crippen LogP contribution in [0.5, 0.6) is 0 Å². The number of nitrogens with two attached hydrogens (primary N) is 1. The van der Waals surface area contributed by atoms with Crippen LogP contribution in [0.15, 0.2) is 54.6 Å². The van der Waals surface area contributed by atoms with E-state index in [1.165, 1.54) is 0 Å². The quantitative estimate of drug-likeness (QED) is 0.749. The van der Waals surface area contributed by atoms with Crippen LogP contribution in [-0.2, 0) is 4.74 Å². The van der Waals surface area contributed by atoms with Crippen molar-refractivity contribution in [3.63, 3.8) is 0 Å². The molecule has 1 heterocycles. The van der Waals surface area contributed by atoms with Crippen LogP contribution in [0, 0.1) is 0 Å². The lowest BCUT2D eigenvalue weighted by molar-refractivity contribution is 0.00847. The summed E-state index contributed by atoms with van der Waals surface area (Å²) in [5.41, 5.74) is 8.02. The Bertz CT molecular complexity index is 697. The maximum Gasteiger partial charge on any atom is 0.255 e. The molecule has 0 saturated carbocycles. The number of para-hydroxylation sites is 2. The summed E-state index contributed by atoms with van der Waals surface area (Å²) in [6.45, 7) is 2.82. The second-order valence-corrected chi connectivity index (χ2v) is 6.54. The molecule has 2 aromatic carbocycles. The molecular formula is C21H27N3O2. The molecule has 0 radical (unpaired) electrons. The number of hydrogen-bond acceptors (Lipinski definition) is 4. The maximum atomic E-state index is 13.0. The SMILES string of the molecule is NCCCOC1CCN(C(=O)c2ccccc2Nc2ccccc2)CC1. The Labute approximate surface area is 155 Å². The molecule has 1 fully saturated rings. The number of anilines is 2. The van der Waals surface area contributed by atoms with Crippen molar-refractivity contribution < 1.29 is 9.53 Å². The summed E-state index contributed by atoms with van der Waals surface area (Å²) in [5, 5.41) is 3.35. The van der Waals surface area contributed by atoms with Gasteiger partial charge in [-0.15, -0.1) is 0 Å². The molecule has 0 unspecified atom stereocenters. The van der Waals surface area contributed by atoms with Gasteiger partial charge in [-0.25, -0.2) is 0 Å². The Hall–Kier alpha value is -2.37. The van der Waals surface area contributed by atoms with E-state index in [-0.39, 0.29) is 12.0 Å². The molecule has 1 saturated heterocycles. The zero-order chi connectivity index (χ0) is 18.2. The van der Waals surface area contributed by atoms with E-state index in [4.69, 9.17) is 10.5 Å². The van der Waals surface area contributed by atoms with E-state index in [0.717, 1.165) is 43.7 Å². The zero-order valence-corrected chi connectivity index (χ0v) is 15.1. The molecule has 0 atom stereocenters. The summed E-state index contributed by atoms with van der Waals surface area (Å²) in [5.74, 6) is 0.0736. The van der Waals surface area contributed by atoms with Gasteiger partial charge in [0.25, 0.3) is 5.91 Å². The molecule has 5 nitrogen and oxygen atoms in total. The Morgan fingerprint density at radius 3 is 2.50 bits per heavy atom. The third-order valence-electron chi connectivity index (χ3n) is 4.64. The zero-order valence-electron chi connectivity index (χ0n) is 15.1. The van der Waals surface area contributed by atoms with E-state index < -0.39 is 0 Å². The Kier molecular flexibility index (Phi) is 6.63. The normalized spacial score (nSPS) is 15.0. The third kappa shape index (κ3) is 4.84. The molecule has 5 heteroatoms. The van der Waals surface area contributed by atoms with Gasteiger partial charge in [-0.1, -0.05) is 30.3 Å². The van der Waals surface area contributed by atoms with Crippen molar-refractivity contribution >= 4 is 17.3 Å². The second kappa shape index (κ2) is 9.36. The molecule has 0 spiro atoms. The van der Waals surface area contributed by atoms with E-state index in [1.807, 2.05) is 59.5 Å². The molecule has 3 N–H and O–H groups in total. The number of likely N-dealkylation sites (tertiary alicyclic amines) is 1. The highest BCUT2D eigenvalue weighted by atomic mass is 16.5. The van der Waals surface area contributed by atoms with Crippen LogP contribution >= 0.6 is 0 Å². The van der Waals surface area contributed by atoms with Gasteiger partial charge in [0.05, 0.1) is 17.4 Å². The fraction of sp³-hybridized carbons (Fsp3) is 0.381. The number of ether oxygens (including phenoxy) is 1. The fourth-order valence-corrected chi connectivity index (χ4v) is 3.18. The number of nitrogens with one attached hydrogen (secondary N) is 1. The van der Waals surface area contributed by atoms with Crippen LogP contribution in [-0.4, -0.2) is 43.2 Å². The van der Waals surface area contributed by atoms with Crippen molar-refractivity contribution in [1.29, 1.82) is 0 Å². The molecular weight excluding hydrogens is 326 g/mol. The lowest BCUT2D eigenvalue weighted by Gasteiger charge is -2.32. The highest BCUT2D eigenvalue weighted by Gasteiger charge is 2.25. The van der Waals surface area contributed by atoms with Crippen LogP contribution < -0.4 is 11.1 Å². The van der Waals surface area contributed by atoms with Gasteiger partial charge < -0.3 is 20.7 Å². The number of nitrogens with zero attached hydrogens (tertiary/aromatic N) is 1. The predicted molar refractivity (Wildman–Crippen MR) is 105 cm³/mol. The number of benzene rings is 2. The first-order chi connectivity index (χ1) is 12.8. The average molecular weight is 353 g/mol. The average Bonchev–Trinajstić information content (AvgIpc) is 2.69. The van der Waals surface area contributed by atoms with Gasteiger partial charge >= 0.3 is 0 Å². The van der Waals surface area contributed by atoms with Crippen molar-refractivity contribution in [1.82, 2.24) is 4.90 Å². The van der Waals surface area contributed by atoms with Gasteiger partial charge in [-0.3, -0.25) is 4.79 Å². The molecule has 0 aromatic heterocycles. The van der Waals surface area contributed by atoms with E-state index in [9.17, 15) is 4.79 Å². The summed E-state index contributed by atoms with van der Waals surface area (Å²) in [6.07, 6.45) is 2.88. The van der Waals surface area contributed by atoms with Gasteiger partial charge in [0.2, 0.25) is 0 Å². The first-order valence-electron chi connectivity index (χ1n) is 9.30. The Morgan fingerprint density at radius 2 is 1.77 bits per heavy atom. The number of carbonyl (C=O) groups excluding carboxylic acids is 1. The van der Waals surface area contributed by atoms with E-state index in [1.54, 1.807) is 0 Å². The second-order valence-electron chi connectivity index (χ2n) is 6.54. The number of carbonyl (C=O) groups is 1. The summed E-state index contributed by atoms with van der Waals surface area (Å²) < 4.78 is 5.83. The molecule has 0 aliphatic carbocycles. The maximum absolute atomic E-state index is 13.0. The summed E-state index contributed by atoms with van der Waals surface area (Å²) in [4.78, 5) is 14.9. The number of hydrogen-bond donors (Lipinski definition) is 2. The van der Waals surface area contributed by atoms with E-state index in [2.05, 4.69) is 5.32 Å². The predicted octanol–water partition coefficient (Wildman–Crippen LogP) is 3.40. The molecule has 138 valence electrons. The molecule has 1 aliphatic heterocycles. The van der Waals surface area contributed by atoms with Crippen LogP contribution in [0.4, 0.5) is 11.4 Å². The van der Waals surface area contributed by atoms with E-state index >= 15 is 0 Å². The van der Waals surface area contributed by atoms with Crippen LogP contribution in [0.2, 0.25) is 0 Å². The van der Waals surface area contributed by atoms with E-state index in [0.29, 0.717) is 18.7 Å². The van der Waals surface area contributed by atoms with Gasteiger partial charge in [-0.05, 0) is 50.1 Å². The molecule has 0 bridgehead atoms. The minimum absolute atomic E-state index is 0.0736. The fourth-order valence-electron chi connectivity index (χ4n) is 3.18. The molecule has 26 heavy (non-hydrogen) atoms. The van der Waals surface area contributed by atoms with Crippen molar-refractivity contribution in [2.75, 3.05) is 31.6 Å². The van der Waals surface area contributed by atoms with Crippen LogP contribution in [0.1, 0.15) is 29.6 Å². The van der Waals surface area contributed by atoms with Gasteiger partial charge in [0.15, 0.2) is 0 Å². The highest BCUT2D eigenvalue weighted by Crippen LogP contribution is 2.24. The minimum atomic E-state index is 0.0736. The third-order valence-corrected chi connectivity index (χ3v) is 4.64. The summed E-state index contributed by atoms with van der Waals surface area (Å²) >= 11 is 0. The van der Waals surface area contributed by atoms with Crippen molar-refractivity contribution in [2.24, 2.45) is 5.73 Å². The van der Waals surface area contributed by atoms with Crippen molar-refractivity contribution in [3.05, 3.63) is 60.2 Å². The first-order valence-corrected chi connectivity index (χ1v) is 9.30. The van der Waals surface area contributed by atoms with Crippen molar-refractivity contribution in [2.45, 2.75) is 25.4 Å². The summed E-state index contributed by atoms with van der Waals surface area (Å²) in [7, 11) is 0. The largest absolute Gasteiger partial charge is 0.378 e. The lowest BCUT2D eigenvalue weighted by atomic mass is 10.1. The minimum Gasteiger partial charge on any atom is -0.378 e. The monoisotopic (exact) mass is 353 g/mol. The van der Waals surface area contributed by atoms with Crippen LogP contribution in [0.3, 0.4) is 0 Å². The Morgan fingerprint density at radius 1 is 1.08 bits per heavy atom. The van der Waals surface area contributed by atoms with Gasteiger partial charge in [0, 0.05) is 25.4 Å². The number of piperidine rings is 1. The molecule has 1 amide bonds. The standard InChI is InChI=1S/C21H27N3O2/c22-13-6-16-26-18-11-14-24(15-12-18)21(25)19-9-4-5-10-20(19)23-17-7-2-1-3-8-17/h1-5,7-10,18,23H,6,11-16,22H2. The van der Waals surface area contributed by atoms with Gasteiger partial charge in [0.1, 0.15) is 0 Å².